The molecule has 122 valence electrons. The van der Waals surface area contributed by atoms with E-state index in [1.54, 1.807) is 18.1 Å². The Kier molecular flexibility index (Phi) is 3.83. The van der Waals surface area contributed by atoms with E-state index in [2.05, 4.69) is 19.9 Å². The van der Waals surface area contributed by atoms with Gasteiger partial charge in [-0.05, 0) is 19.1 Å². The Morgan fingerprint density at radius 3 is 2.57 bits per heavy atom. The summed E-state index contributed by atoms with van der Waals surface area (Å²) in [5.74, 6) is 1.27. The number of halogens is 3. The maximum Gasteiger partial charge on any atom is 0.433 e. The molecule has 2 aromatic heterocycles. The Morgan fingerprint density at radius 2 is 1.96 bits per heavy atom. The molecule has 0 bridgehead atoms. The van der Waals surface area contributed by atoms with Gasteiger partial charge in [0.05, 0.1) is 6.04 Å². The van der Waals surface area contributed by atoms with Gasteiger partial charge in [-0.3, -0.25) is 0 Å². The van der Waals surface area contributed by atoms with Crippen LogP contribution in [0.5, 0.6) is 0 Å². The largest absolute Gasteiger partial charge is 0.433 e. The van der Waals surface area contributed by atoms with Crippen molar-refractivity contribution in [2.24, 2.45) is 0 Å². The number of hydrogen-bond donors (Lipinski definition) is 0. The van der Waals surface area contributed by atoms with Crippen LogP contribution in [0.4, 0.5) is 24.8 Å². The molecule has 0 radical (unpaired) electrons. The molecule has 0 atom stereocenters. The molecular formula is C15H16F3N5. The summed E-state index contributed by atoms with van der Waals surface area (Å²) in [5.41, 5.74) is -0.909. The number of alkyl halides is 3. The average molecular weight is 323 g/mol. The highest BCUT2D eigenvalue weighted by molar-refractivity contribution is 5.48. The first-order valence-corrected chi connectivity index (χ1v) is 7.16. The van der Waals surface area contributed by atoms with Crippen molar-refractivity contribution in [2.75, 3.05) is 29.9 Å². The van der Waals surface area contributed by atoms with Gasteiger partial charge in [0, 0.05) is 32.4 Å². The van der Waals surface area contributed by atoms with Gasteiger partial charge in [0.15, 0.2) is 0 Å². The Balaban J connectivity index is 1.73. The van der Waals surface area contributed by atoms with E-state index in [-0.39, 0.29) is 17.7 Å². The van der Waals surface area contributed by atoms with Crippen LogP contribution in [0.3, 0.4) is 0 Å². The molecule has 0 amide bonds. The SMILES string of the molecule is Cc1nc(N(C)C2CN(c3ccccn3)C2)cc(C(F)(F)F)n1. The van der Waals surface area contributed by atoms with Crippen molar-refractivity contribution in [1.29, 1.82) is 0 Å². The van der Waals surface area contributed by atoms with Gasteiger partial charge in [-0.25, -0.2) is 15.0 Å². The molecule has 1 saturated heterocycles. The number of aromatic nitrogens is 3. The molecule has 0 aromatic carbocycles. The van der Waals surface area contributed by atoms with E-state index in [1.165, 1.54) is 6.92 Å². The van der Waals surface area contributed by atoms with Crippen molar-refractivity contribution in [3.8, 4) is 0 Å². The summed E-state index contributed by atoms with van der Waals surface area (Å²) in [6.45, 7) is 2.85. The van der Waals surface area contributed by atoms with E-state index in [0.717, 1.165) is 11.9 Å². The van der Waals surface area contributed by atoms with E-state index < -0.39 is 11.9 Å². The fourth-order valence-electron chi connectivity index (χ4n) is 2.49. The van der Waals surface area contributed by atoms with Crippen molar-refractivity contribution >= 4 is 11.6 Å². The first kappa shape index (κ1) is 15.5. The minimum absolute atomic E-state index is 0.0902. The van der Waals surface area contributed by atoms with Crippen LogP contribution in [0, 0.1) is 6.92 Å². The Hall–Kier alpha value is -2.38. The van der Waals surface area contributed by atoms with Crippen LogP contribution in [0.25, 0.3) is 0 Å². The van der Waals surface area contributed by atoms with Crippen LogP contribution >= 0.6 is 0 Å². The van der Waals surface area contributed by atoms with E-state index in [9.17, 15) is 13.2 Å². The van der Waals surface area contributed by atoms with Gasteiger partial charge >= 0.3 is 6.18 Å². The molecule has 8 heteroatoms. The third-order valence-electron chi connectivity index (χ3n) is 3.86. The standard InChI is InChI=1S/C15H16F3N5/c1-10-20-12(15(16,17)18)7-14(21-10)22(2)11-8-23(9-11)13-5-3-4-6-19-13/h3-7,11H,8-9H2,1-2H3. The van der Waals surface area contributed by atoms with Crippen molar-refractivity contribution < 1.29 is 13.2 Å². The zero-order valence-corrected chi connectivity index (χ0v) is 12.7. The molecule has 0 aliphatic carbocycles. The molecule has 1 aliphatic heterocycles. The Morgan fingerprint density at radius 1 is 1.22 bits per heavy atom. The molecule has 5 nitrogen and oxygen atoms in total. The second-order valence-electron chi connectivity index (χ2n) is 5.51. The highest BCUT2D eigenvalue weighted by Crippen LogP contribution is 2.31. The molecule has 0 spiro atoms. The maximum absolute atomic E-state index is 12.9. The predicted octanol–water partition coefficient (Wildman–Crippen LogP) is 2.52. The summed E-state index contributed by atoms with van der Waals surface area (Å²) in [6.07, 6.45) is -2.75. The fraction of sp³-hybridized carbons (Fsp3) is 0.400. The van der Waals surface area contributed by atoms with Gasteiger partial charge in [-0.15, -0.1) is 0 Å². The summed E-state index contributed by atoms with van der Waals surface area (Å²) < 4.78 is 38.6. The van der Waals surface area contributed by atoms with E-state index in [0.29, 0.717) is 13.1 Å². The molecular weight excluding hydrogens is 307 g/mol. The molecule has 0 N–H and O–H groups in total. The predicted molar refractivity (Wildman–Crippen MR) is 80.4 cm³/mol. The third kappa shape index (κ3) is 3.20. The van der Waals surface area contributed by atoms with Crippen LogP contribution < -0.4 is 9.80 Å². The lowest BCUT2D eigenvalue weighted by molar-refractivity contribution is -0.141. The summed E-state index contributed by atoms with van der Waals surface area (Å²) >= 11 is 0. The molecule has 1 fully saturated rings. The zero-order chi connectivity index (χ0) is 16.6. The van der Waals surface area contributed by atoms with Crippen LogP contribution in [-0.2, 0) is 6.18 Å². The smallest absolute Gasteiger partial charge is 0.353 e. The first-order valence-electron chi connectivity index (χ1n) is 7.16. The first-order chi connectivity index (χ1) is 10.8. The van der Waals surface area contributed by atoms with Crippen LogP contribution in [0.1, 0.15) is 11.5 Å². The molecule has 3 heterocycles. The molecule has 23 heavy (non-hydrogen) atoms. The van der Waals surface area contributed by atoms with E-state index in [4.69, 9.17) is 0 Å². The van der Waals surface area contributed by atoms with Crippen molar-refractivity contribution in [3.05, 3.63) is 42.0 Å². The monoisotopic (exact) mass is 323 g/mol. The lowest BCUT2D eigenvalue weighted by Crippen LogP contribution is -2.59. The summed E-state index contributed by atoms with van der Waals surface area (Å²) in [5, 5.41) is 0. The summed E-state index contributed by atoms with van der Waals surface area (Å²) in [7, 11) is 1.75. The zero-order valence-electron chi connectivity index (χ0n) is 12.7. The van der Waals surface area contributed by atoms with Gasteiger partial charge in [-0.2, -0.15) is 13.2 Å². The van der Waals surface area contributed by atoms with Gasteiger partial charge < -0.3 is 9.80 Å². The Labute approximate surface area is 131 Å². The van der Waals surface area contributed by atoms with Crippen molar-refractivity contribution in [1.82, 2.24) is 15.0 Å². The molecule has 0 saturated carbocycles. The lowest BCUT2D eigenvalue weighted by atomic mass is 10.1. The van der Waals surface area contributed by atoms with Gasteiger partial charge in [-0.1, -0.05) is 6.07 Å². The normalized spacial score (nSPS) is 15.4. The molecule has 1 aliphatic rings. The second kappa shape index (κ2) is 5.68. The topological polar surface area (TPSA) is 45.2 Å². The Bertz CT molecular complexity index is 683. The average Bonchev–Trinajstić information content (AvgIpc) is 2.45. The number of nitrogens with zero attached hydrogens (tertiary/aromatic N) is 5. The molecule has 3 rings (SSSR count). The van der Waals surface area contributed by atoms with Gasteiger partial charge in [0.1, 0.15) is 23.2 Å². The number of rotatable bonds is 3. The number of hydrogen-bond acceptors (Lipinski definition) is 5. The number of likely N-dealkylation sites (N-methyl/N-ethyl adjacent to an activating group) is 1. The summed E-state index contributed by atoms with van der Waals surface area (Å²) in [6, 6.07) is 6.74. The van der Waals surface area contributed by atoms with Crippen molar-refractivity contribution in [2.45, 2.75) is 19.1 Å². The van der Waals surface area contributed by atoms with Crippen molar-refractivity contribution in [3.63, 3.8) is 0 Å². The lowest BCUT2D eigenvalue weighted by Gasteiger charge is -2.45. The van der Waals surface area contributed by atoms with Crippen LogP contribution in [0.2, 0.25) is 0 Å². The minimum Gasteiger partial charge on any atom is -0.353 e. The fourth-order valence-corrected chi connectivity index (χ4v) is 2.49. The number of anilines is 2. The molecule has 2 aromatic rings. The number of aryl methyl sites for hydroxylation is 1. The van der Waals surface area contributed by atoms with E-state index >= 15 is 0 Å². The highest BCUT2D eigenvalue weighted by Gasteiger charge is 2.36. The van der Waals surface area contributed by atoms with Crippen LogP contribution in [0.15, 0.2) is 30.5 Å². The highest BCUT2D eigenvalue weighted by atomic mass is 19.4. The third-order valence-corrected chi connectivity index (χ3v) is 3.86. The van der Waals surface area contributed by atoms with Gasteiger partial charge in [0.2, 0.25) is 0 Å². The quantitative estimate of drug-likeness (QED) is 0.868. The second-order valence-corrected chi connectivity index (χ2v) is 5.51. The summed E-state index contributed by atoms with van der Waals surface area (Å²) in [4.78, 5) is 15.7. The number of pyridine rings is 1. The minimum atomic E-state index is -4.47. The maximum atomic E-state index is 12.9. The van der Waals surface area contributed by atoms with Crippen LogP contribution in [-0.4, -0.2) is 41.1 Å². The van der Waals surface area contributed by atoms with Gasteiger partial charge in [0.25, 0.3) is 0 Å². The molecule has 0 unspecified atom stereocenters. The van der Waals surface area contributed by atoms with E-state index in [1.807, 2.05) is 18.2 Å².